The number of hydrogen-bond donors (Lipinski definition) is 1. The maximum absolute atomic E-state index is 11.1. The summed E-state index contributed by atoms with van der Waals surface area (Å²) < 4.78 is 5.33. The average molecular weight is 212 g/mol. The first kappa shape index (κ1) is 10.9. The Morgan fingerprint density at radius 1 is 1.47 bits per heavy atom. The van der Waals surface area contributed by atoms with Crippen molar-refractivity contribution in [2.75, 3.05) is 13.2 Å². The number of carboxylic acid groups (broad SMARTS) is 1. The molecule has 2 rings (SSSR count). The first-order valence-corrected chi connectivity index (χ1v) is 5.77. The molecule has 3 nitrogen and oxygen atoms in total. The summed E-state index contributed by atoms with van der Waals surface area (Å²) in [6, 6.07) is 0. The molecule has 0 amide bonds. The lowest BCUT2D eigenvalue weighted by atomic mass is 9.58. The van der Waals surface area contributed by atoms with Crippen molar-refractivity contribution >= 4 is 5.97 Å². The van der Waals surface area contributed by atoms with Gasteiger partial charge in [0.1, 0.15) is 0 Å². The van der Waals surface area contributed by atoms with Gasteiger partial charge in [-0.25, -0.2) is 0 Å². The van der Waals surface area contributed by atoms with Crippen molar-refractivity contribution in [3.05, 3.63) is 0 Å². The van der Waals surface area contributed by atoms with Crippen LogP contribution in [0.1, 0.15) is 39.5 Å². The van der Waals surface area contributed by atoms with Crippen LogP contribution in [0.3, 0.4) is 0 Å². The Kier molecular flexibility index (Phi) is 2.53. The molecule has 0 radical (unpaired) electrons. The van der Waals surface area contributed by atoms with Gasteiger partial charge in [0.15, 0.2) is 0 Å². The molecule has 15 heavy (non-hydrogen) atoms. The summed E-state index contributed by atoms with van der Waals surface area (Å²) in [7, 11) is 0. The normalized spacial score (nSPS) is 25.5. The summed E-state index contributed by atoms with van der Waals surface area (Å²) in [4.78, 5) is 11.1. The largest absolute Gasteiger partial charge is 0.481 e. The summed E-state index contributed by atoms with van der Waals surface area (Å²) in [5.74, 6) is 0.0259. The van der Waals surface area contributed by atoms with E-state index in [1.165, 1.54) is 19.3 Å². The van der Waals surface area contributed by atoms with Crippen molar-refractivity contribution in [1.82, 2.24) is 0 Å². The third-order valence-corrected chi connectivity index (χ3v) is 4.12. The molecule has 1 aliphatic heterocycles. The monoisotopic (exact) mass is 212 g/mol. The smallest absolute Gasteiger partial charge is 0.309 e. The highest BCUT2D eigenvalue weighted by Crippen LogP contribution is 2.52. The van der Waals surface area contributed by atoms with Gasteiger partial charge >= 0.3 is 5.97 Å². The number of aliphatic carboxylic acids is 1. The zero-order chi connectivity index (χ0) is 11.1. The molecular formula is C12H20O3. The van der Waals surface area contributed by atoms with Crippen LogP contribution in [-0.2, 0) is 9.53 Å². The van der Waals surface area contributed by atoms with Crippen LogP contribution >= 0.6 is 0 Å². The molecular weight excluding hydrogens is 192 g/mol. The predicted octanol–water partition coefficient (Wildman–Crippen LogP) is 2.30. The van der Waals surface area contributed by atoms with E-state index in [0.29, 0.717) is 5.92 Å². The Balaban J connectivity index is 2.04. The van der Waals surface area contributed by atoms with Crippen LogP contribution in [0, 0.1) is 16.7 Å². The molecule has 3 heteroatoms. The lowest BCUT2D eigenvalue weighted by Gasteiger charge is -2.53. The number of carboxylic acids is 1. The minimum atomic E-state index is -0.687. The summed E-state index contributed by atoms with van der Waals surface area (Å²) in [5, 5.41) is 9.16. The standard InChI is InChI=1S/C12H20O3/c1-11(2,10(13)14)6-12(7-15-8-12)9-4-3-5-9/h9H,3-8H2,1-2H3,(H,13,14). The van der Waals surface area contributed by atoms with Crippen molar-refractivity contribution in [1.29, 1.82) is 0 Å². The Morgan fingerprint density at radius 3 is 2.33 bits per heavy atom. The number of hydrogen-bond acceptors (Lipinski definition) is 2. The molecule has 1 aliphatic carbocycles. The minimum Gasteiger partial charge on any atom is -0.481 e. The van der Waals surface area contributed by atoms with Crippen LogP contribution in [0.15, 0.2) is 0 Å². The van der Waals surface area contributed by atoms with Crippen LogP contribution in [0.25, 0.3) is 0 Å². The highest BCUT2D eigenvalue weighted by Gasteiger charge is 2.51. The summed E-state index contributed by atoms with van der Waals surface area (Å²) in [6.07, 6.45) is 4.60. The van der Waals surface area contributed by atoms with Gasteiger partial charge in [0.25, 0.3) is 0 Å². The molecule has 1 saturated carbocycles. The molecule has 1 heterocycles. The Bertz CT molecular complexity index is 262. The van der Waals surface area contributed by atoms with E-state index >= 15 is 0 Å². The molecule has 1 N–H and O–H groups in total. The third kappa shape index (κ3) is 1.78. The van der Waals surface area contributed by atoms with E-state index < -0.39 is 11.4 Å². The van der Waals surface area contributed by atoms with Crippen LogP contribution < -0.4 is 0 Å². The minimum absolute atomic E-state index is 0.181. The first-order valence-electron chi connectivity index (χ1n) is 5.77. The van der Waals surface area contributed by atoms with Crippen molar-refractivity contribution in [3.63, 3.8) is 0 Å². The maximum Gasteiger partial charge on any atom is 0.309 e. The molecule has 2 fully saturated rings. The van der Waals surface area contributed by atoms with Crippen LogP contribution in [0.2, 0.25) is 0 Å². The van der Waals surface area contributed by atoms with Gasteiger partial charge in [0.2, 0.25) is 0 Å². The average Bonchev–Trinajstić information content (AvgIpc) is 1.95. The number of carbonyl (C=O) groups is 1. The Labute approximate surface area is 90.8 Å². The molecule has 0 atom stereocenters. The van der Waals surface area contributed by atoms with E-state index in [9.17, 15) is 4.79 Å². The fraction of sp³-hybridized carbons (Fsp3) is 0.917. The molecule has 0 bridgehead atoms. The molecule has 86 valence electrons. The Hall–Kier alpha value is -0.570. The molecule has 0 unspecified atom stereocenters. The number of ether oxygens (including phenoxy) is 1. The van der Waals surface area contributed by atoms with Gasteiger partial charge < -0.3 is 9.84 Å². The first-order chi connectivity index (χ1) is 6.96. The molecule has 0 aromatic heterocycles. The van der Waals surface area contributed by atoms with Gasteiger partial charge in [-0.2, -0.15) is 0 Å². The van der Waals surface area contributed by atoms with Crippen molar-refractivity contribution in [3.8, 4) is 0 Å². The third-order valence-electron chi connectivity index (χ3n) is 4.12. The van der Waals surface area contributed by atoms with Gasteiger partial charge in [0.05, 0.1) is 18.6 Å². The topological polar surface area (TPSA) is 46.5 Å². The van der Waals surface area contributed by atoms with E-state index in [-0.39, 0.29) is 5.41 Å². The predicted molar refractivity (Wildman–Crippen MR) is 56.6 cm³/mol. The van der Waals surface area contributed by atoms with Crippen molar-refractivity contribution in [2.24, 2.45) is 16.7 Å². The van der Waals surface area contributed by atoms with Gasteiger partial charge in [-0.15, -0.1) is 0 Å². The second-order valence-corrected chi connectivity index (χ2v) is 5.85. The van der Waals surface area contributed by atoms with Crippen molar-refractivity contribution < 1.29 is 14.6 Å². The van der Waals surface area contributed by atoms with Gasteiger partial charge in [-0.1, -0.05) is 6.42 Å². The highest BCUT2D eigenvalue weighted by atomic mass is 16.5. The van der Waals surface area contributed by atoms with E-state index in [0.717, 1.165) is 19.6 Å². The highest BCUT2D eigenvalue weighted by molar-refractivity contribution is 5.73. The second kappa shape index (κ2) is 3.48. The fourth-order valence-electron chi connectivity index (χ4n) is 2.82. The quantitative estimate of drug-likeness (QED) is 0.777. The van der Waals surface area contributed by atoms with Crippen LogP contribution in [0.5, 0.6) is 0 Å². The molecule has 2 aliphatic rings. The maximum atomic E-state index is 11.1. The molecule has 0 aromatic carbocycles. The fourth-order valence-corrected chi connectivity index (χ4v) is 2.82. The summed E-state index contributed by atoms with van der Waals surface area (Å²) in [6.45, 7) is 5.20. The van der Waals surface area contributed by atoms with Gasteiger partial charge in [-0.3, -0.25) is 4.79 Å². The summed E-state index contributed by atoms with van der Waals surface area (Å²) in [5.41, 5.74) is -0.431. The molecule has 0 spiro atoms. The van der Waals surface area contributed by atoms with E-state index in [4.69, 9.17) is 9.84 Å². The second-order valence-electron chi connectivity index (χ2n) is 5.85. The van der Waals surface area contributed by atoms with Crippen LogP contribution in [0.4, 0.5) is 0 Å². The lowest BCUT2D eigenvalue weighted by Crippen LogP contribution is -2.53. The Morgan fingerprint density at radius 2 is 2.07 bits per heavy atom. The zero-order valence-corrected chi connectivity index (χ0v) is 9.58. The zero-order valence-electron chi connectivity index (χ0n) is 9.58. The van der Waals surface area contributed by atoms with Crippen molar-refractivity contribution in [2.45, 2.75) is 39.5 Å². The number of rotatable bonds is 4. The molecule has 1 saturated heterocycles. The van der Waals surface area contributed by atoms with E-state index in [1.54, 1.807) is 0 Å². The van der Waals surface area contributed by atoms with Gasteiger partial charge in [0, 0.05) is 5.41 Å². The lowest BCUT2D eigenvalue weighted by molar-refractivity contribution is -0.187. The van der Waals surface area contributed by atoms with E-state index in [2.05, 4.69) is 0 Å². The SMILES string of the molecule is CC(C)(CC1(C2CCC2)COC1)C(=O)O. The van der Waals surface area contributed by atoms with E-state index in [1.807, 2.05) is 13.8 Å². The molecule has 0 aromatic rings. The van der Waals surface area contributed by atoms with Gasteiger partial charge in [-0.05, 0) is 39.0 Å². The summed E-state index contributed by atoms with van der Waals surface area (Å²) >= 11 is 0. The van der Waals surface area contributed by atoms with Crippen LogP contribution in [-0.4, -0.2) is 24.3 Å².